The molecule has 0 unspecified atom stereocenters. The van der Waals surface area contributed by atoms with Gasteiger partial charge in [0.1, 0.15) is 0 Å². The van der Waals surface area contributed by atoms with E-state index in [9.17, 15) is 4.79 Å². The molecule has 3 aromatic rings. The fraction of sp³-hybridized carbons (Fsp3) is 0.370. The van der Waals surface area contributed by atoms with Crippen molar-refractivity contribution in [3.63, 3.8) is 0 Å². The molecular weight excluding hydrogens is 448 g/mol. The number of carbonyl (C=O) groups excluding carboxylic acids is 1. The average molecular weight is 475 g/mol. The second kappa shape index (κ2) is 7.18. The topological polar surface area (TPSA) is 36.1 Å². The van der Waals surface area contributed by atoms with E-state index in [0.29, 0.717) is 24.0 Å². The van der Waals surface area contributed by atoms with Gasteiger partial charge in [0.25, 0.3) is 0 Å². The van der Waals surface area contributed by atoms with Gasteiger partial charge >= 0.3 is 0 Å². The van der Waals surface area contributed by atoms with Gasteiger partial charge in [0.05, 0.1) is 5.54 Å². The van der Waals surface area contributed by atoms with Crippen LogP contribution in [0.3, 0.4) is 0 Å². The third-order valence-electron chi connectivity index (χ3n) is 7.95. The molecule has 158 valence electrons. The largest absolute Gasteiger partial charge is 0.357 e. The van der Waals surface area contributed by atoms with Crippen LogP contribution >= 0.6 is 15.9 Å². The van der Waals surface area contributed by atoms with Crippen molar-refractivity contribution < 1.29 is 4.79 Å². The van der Waals surface area contributed by atoms with E-state index < -0.39 is 0 Å². The number of allylic oxidation sites excluding steroid dienone is 1. The summed E-state index contributed by atoms with van der Waals surface area (Å²) in [4.78, 5) is 19.5. The first-order valence-corrected chi connectivity index (χ1v) is 12.1. The summed E-state index contributed by atoms with van der Waals surface area (Å²) in [5.74, 6) is 1.38. The number of piperidine rings is 1. The van der Waals surface area contributed by atoms with Gasteiger partial charge in [-0.25, -0.2) is 0 Å². The van der Waals surface area contributed by atoms with Crippen molar-refractivity contribution in [3.05, 3.63) is 75.4 Å². The molecule has 0 spiro atoms. The third kappa shape index (κ3) is 3.15. The number of halogens is 1. The number of nitrogens with zero attached hydrogens (tertiary/aromatic N) is 1. The van der Waals surface area contributed by atoms with Crippen LogP contribution in [0.15, 0.2) is 58.6 Å². The second-order valence-electron chi connectivity index (χ2n) is 9.77. The van der Waals surface area contributed by atoms with Gasteiger partial charge in [0, 0.05) is 40.6 Å². The van der Waals surface area contributed by atoms with E-state index in [0.717, 1.165) is 48.0 Å². The van der Waals surface area contributed by atoms with Gasteiger partial charge in [-0.05, 0) is 79.0 Å². The number of nitrogens with one attached hydrogen (secondary N) is 1. The standard InChI is InChI=1S/C27H27BrN2O/c1-27-15-19-13-25(31)18(11-17-5-3-2-4-6-17)12-20(19)16-30(27)10-9-22-23-14-21(28)7-8-24(23)29-26(22)27/h2-8,11,14,19-20,29H,9-10,12-13,15-16H2,1H3/b18-11+/t19-,20-,27-/m0/s1. The Hall–Kier alpha value is -2.17. The van der Waals surface area contributed by atoms with Crippen LogP contribution in [0, 0.1) is 11.8 Å². The fourth-order valence-corrected chi connectivity index (χ4v) is 6.71. The Morgan fingerprint density at radius 3 is 2.81 bits per heavy atom. The first-order valence-electron chi connectivity index (χ1n) is 11.4. The van der Waals surface area contributed by atoms with Crippen molar-refractivity contribution in [2.24, 2.45) is 11.8 Å². The van der Waals surface area contributed by atoms with Crippen LogP contribution in [0.2, 0.25) is 0 Å². The molecule has 2 fully saturated rings. The highest BCUT2D eigenvalue weighted by Gasteiger charge is 2.49. The number of ketones is 1. The molecule has 3 heterocycles. The Labute approximate surface area is 191 Å². The molecule has 6 rings (SSSR count). The number of hydrogen-bond acceptors (Lipinski definition) is 2. The highest BCUT2D eigenvalue weighted by molar-refractivity contribution is 9.10. The molecular formula is C27H27BrN2O. The number of fused-ring (bicyclic) bond motifs is 6. The van der Waals surface area contributed by atoms with E-state index in [-0.39, 0.29) is 5.54 Å². The van der Waals surface area contributed by atoms with E-state index in [1.807, 2.05) is 18.2 Å². The molecule has 3 nitrogen and oxygen atoms in total. The van der Waals surface area contributed by atoms with Crippen molar-refractivity contribution in [1.29, 1.82) is 0 Å². The van der Waals surface area contributed by atoms with E-state index in [2.05, 4.69) is 69.1 Å². The lowest BCUT2D eigenvalue weighted by molar-refractivity contribution is -0.121. The average Bonchev–Trinajstić information content (AvgIpc) is 3.13. The first kappa shape index (κ1) is 19.5. The van der Waals surface area contributed by atoms with E-state index in [1.165, 1.54) is 22.2 Å². The zero-order valence-electron chi connectivity index (χ0n) is 17.8. The molecule has 4 heteroatoms. The number of rotatable bonds is 1. The van der Waals surface area contributed by atoms with Crippen molar-refractivity contribution >= 4 is 38.7 Å². The monoisotopic (exact) mass is 474 g/mol. The van der Waals surface area contributed by atoms with Gasteiger partial charge in [-0.2, -0.15) is 0 Å². The minimum Gasteiger partial charge on any atom is -0.357 e. The summed E-state index contributed by atoms with van der Waals surface area (Å²) in [5.41, 5.74) is 6.22. The Morgan fingerprint density at radius 1 is 1.13 bits per heavy atom. The Kier molecular flexibility index (Phi) is 4.52. The molecule has 3 aliphatic rings. The maximum Gasteiger partial charge on any atom is 0.159 e. The quantitative estimate of drug-likeness (QED) is 0.433. The predicted octanol–water partition coefficient (Wildman–Crippen LogP) is 6.09. The lowest BCUT2D eigenvalue weighted by Gasteiger charge is -2.54. The van der Waals surface area contributed by atoms with Crippen LogP contribution in [0.1, 0.15) is 43.0 Å². The smallest absolute Gasteiger partial charge is 0.159 e. The normalized spacial score (nSPS) is 29.6. The van der Waals surface area contributed by atoms with E-state index >= 15 is 0 Å². The summed E-state index contributed by atoms with van der Waals surface area (Å²) in [6.07, 6.45) is 5.87. The highest BCUT2D eigenvalue weighted by atomic mass is 79.9. The number of H-pyrrole nitrogens is 1. The zero-order valence-corrected chi connectivity index (χ0v) is 19.4. The van der Waals surface area contributed by atoms with Crippen LogP contribution in [-0.4, -0.2) is 28.8 Å². The highest BCUT2D eigenvalue weighted by Crippen LogP contribution is 2.50. The van der Waals surface area contributed by atoms with Gasteiger partial charge in [0.15, 0.2) is 5.78 Å². The Bertz CT molecular complexity index is 1210. The van der Waals surface area contributed by atoms with Crippen molar-refractivity contribution in [2.75, 3.05) is 13.1 Å². The molecule has 1 saturated carbocycles. The number of Topliss-reactive ketones (excluding diaryl/α,β-unsaturated/α-hetero) is 1. The maximum atomic E-state index is 13.0. The second-order valence-corrected chi connectivity index (χ2v) is 10.7. The lowest BCUT2D eigenvalue weighted by atomic mass is 9.65. The molecule has 1 aliphatic carbocycles. The summed E-state index contributed by atoms with van der Waals surface area (Å²) in [7, 11) is 0. The molecule has 2 aliphatic heterocycles. The molecule has 3 atom stereocenters. The predicted molar refractivity (Wildman–Crippen MR) is 129 cm³/mol. The summed E-state index contributed by atoms with van der Waals surface area (Å²) < 4.78 is 1.13. The summed E-state index contributed by atoms with van der Waals surface area (Å²) in [5, 5.41) is 1.35. The van der Waals surface area contributed by atoms with Gasteiger partial charge in [0.2, 0.25) is 0 Å². The number of aromatic nitrogens is 1. The molecule has 1 aromatic heterocycles. The van der Waals surface area contributed by atoms with Crippen LogP contribution in [0.4, 0.5) is 0 Å². The Balaban J connectivity index is 1.33. The van der Waals surface area contributed by atoms with Gasteiger partial charge in [-0.1, -0.05) is 46.3 Å². The molecule has 0 amide bonds. The Morgan fingerprint density at radius 2 is 1.97 bits per heavy atom. The first-order chi connectivity index (χ1) is 15.0. The van der Waals surface area contributed by atoms with E-state index in [4.69, 9.17) is 0 Å². The van der Waals surface area contributed by atoms with Crippen molar-refractivity contribution in [1.82, 2.24) is 9.88 Å². The summed E-state index contributed by atoms with van der Waals surface area (Å²) >= 11 is 3.64. The SMILES string of the molecule is C[C@@]12C[C@@H]3CC(=O)/C(=C/c4ccccc4)C[C@H]3CN1CCc1c2[nH]c2ccc(Br)cc12. The minimum atomic E-state index is -0.0127. The lowest BCUT2D eigenvalue weighted by Crippen LogP contribution is -2.57. The zero-order chi connectivity index (χ0) is 21.2. The molecule has 1 N–H and O–H groups in total. The molecule has 31 heavy (non-hydrogen) atoms. The van der Waals surface area contributed by atoms with Crippen LogP contribution < -0.4 is 0 Å². The van der Waals surface area contributed by atoms with Crippen molar-refractivity contribution in [3.8, 4) is 0 Å². The van der Waals surface area contributed by atoms with Gasteiger partial charge < -0.3 is 4.98 Å². The molecule has 0 bridgehead atoms. The minimum absolute atomic E-state index is 0.0127. The summed E-state index contributed by atoms with van der Waals surface area (Å²) in [6, 6.07) is 16.8. The van der Waals surface area contributed by atoms with Gasteiger partial charge in [-0.15, -0.1) is 0 Å². The van der Waals surface area contributed by atoms with Crippen LogP contribution in [0.5, 0.6) is 0 Å². The fourth-order valence-electron chi connectivity index (χ4n) is 6.35. The number of hydrogen-bond donors (Lipinski definition) is 1. The molecule has 0 radical (unpaired) electrons. The van der Waals surface area contributed by atoms with Crippen LogP contribution in [0.25, 0.3) is 17.0 Å². The molecule has 2 aromatic carbocycles. The number of aromatic amines is 1. The van der Waals surface area contributed by atoms with E-state index in [1.54, 1.807) is 0 Å². The maximum absolute atomic E-state index is 13.0. The number of carbonyl (C=O) groups is 1. The van der Waals surface area contributed by atoms with Crippen molar-refractivity contribution in [2.45, 2.75) is 38.1 Å². The van der Waals surface area contributed by atoms with Gasteiger partial charge in [-0.3, -0.25) is 9.69 Å². The van der Waals surface area contributed by atoms with Crippen LogP contribution in [-0.2, 0) is 16.8 Å². The summed E-state index contributed by atoms with van der Waals surface area (Å²) in [6.45, 7) is 4.57. The third-order valence-corrected chi connectivity index (χ3v) is 8.44. The number of benzene rings is 2. The molecule has 1 saturated heterocycles.